The predicted octanol–water partition coefficient (Wildman–Crippen LogP) is 0.887. The first kappa shape index (κ1) is 15.4. The summed E-state index contributed by atoms with van der Waals surface area (Å²) in [4.78, 5) is 15.3. The Balaban J connectivity index is 3.08. The van der Waals surface area contributed by atoms with Crippen LogP contribution >= 0.6 is 0 Å². The van der Waals surface area contributed by atoms with Crippen molar-refractivity contribution in [2.45, 2.75) is 32.2 Å². The Bertz CT molecular complexity index is 444. The zero-order chi connectivity index (χ0) is 14.5. The second kappa shape index (κ2) is 6.49. The number of hydrogen-bond donors (Lipinski definition) is 4. The fourth-order valence-electron chi connectivity index (χ4n) is 1.60. The largest absolute Gasteiger partial charge is 0.478 e. The van der Waals surface area contributed by atoms with Crippen LogP contribution in [0.1, 0.15) is 36.3 Å². The summed E-state index contributed by atoms with van der Waals surface area (Å²) in [6.45, 7) is 3.03. The van der Waals surface area contributed by atoms with Crippen LogP contribution in [0.25, 0.3) is 0 Å². The fraction of sp³-hybridized carbons (Fsp3) is 0.538. The molecule has 6 nitrogen and oxygen atoms in total. The van der Waals surface area contributed by atoms with Crippen LogP contribution in [-0.2, 0) is 6.42 Å². The number of aliphatic hydroxyl groups is 2. The highest BCUT2D eigenvalue weighted by atomic mass is 16.4. The number of aromatic nitrogens is 1. The standard InChI is InChI=1S/C13H20N2O4/c1-3-4-10-5-9(12(18)19)6-11(14-10)15-13(2,7-16)8-17/h5-6,16-17H,3-4,7-8H2,1-2H3,(H,14,15)(H,18,19). The maximum Gasteiger partial charge on any atom is 0.335 e. The first-order chi connectivity index (χ1) is 8.94. The zero-order valence-corrected chi connectivity index (χ0v) is 11.2. The Kier molecular flexibility index (Phi) is 5.26. The van der Waals surface area contributed by atoms with Crippen LogP contribution < -0.4 is 5.32 Å². The minimum atomic E-state index is -1.03. The molecule has 4 N–H and O–H groups in total. The lowest BCUT2D eigenvalue weighted by atomic mass is 10.1. The molecule has 0 amide bonds. The van der Waals surface area contributed by atoms with Crippen LogP contribution in [0.15, 0.2) is 12.1 Å². The molecule has 1 heterocycles. The van der Waals surface area contributed by atoms with Gasteiger partial charge in [0.2, 0.25) is 0 Å². The molecule has 0 aliphatic carbocycles. The molecule has 19 heavy (non-hydrogen) atoms. The van der Waals surface area contributed by atoms with Crippen LogP contribution in [-0.4, -0.2) is 45.0 Å². The van der Waals surface area contributed by atoms with Crippen molar-refractivity contribution >= 4 is 11.8 Å². The van der Waals surface area contributed by atoms with Gasteiger partial charge in [-0.15, -0.1) is 0 Å². The molecule has 1 aromatic rings. The van der Waals surface area contributed by atoms with Crippen LogP contribution in [0.2, 0.25) is 0 Å². The molecule has 0 atom stereocenters. The SMILES string of the molecule is CCCc1cc(C(=O)O)cc(NC(C)(CO)CO)n1. The zero-order valence-electron chi connectivity index (χ0n) is 11.2. The average Bonchev–Trinajstić information content (AvgIpc) is 2.38. The van der Waals surface area contributed by atoms with E-state index in [-0.39, 0.29) is 18.8 Å². The van der Waals surface area contributed by atoms with E-state index in [4.69, 9.17) is 5.11 Å². The summed E-state index contributed by atoms with van der Waals surface area (Å²) >= 11 is 0. The highest BCUT2D eigenvalue weighted by molar-refractivity contribution is 5.88. The van der Waals surface area contributed by atoms with E-state index in [0.717, 1.165) is 6.42 Å². The summed E-state index contributed by atoms with van der Waals surface area (Å²) in [5, 5.41) is 30.4. The second-order valence-electron chi connectivity index (χ2n) is 4.79. The monoisotopic (exact) mass is 268 g/mol. The molecular formula is C13H20N2O4. The first-order valence-electron chi connectivity index (χ1n) is 6.18. The van der Waals surface area contributed by atoms with E-state index in [1.165, 1.54) is 12.1 Å². The van der Waals surface area contributed by atoms with Crippen LogP contribution in [0.5, 0.6) is 0 Å². The van der Waals surface area contributed by atoms with Gasteiger partial charge in [0.25, 0.3) is 0 Å². The molecule has 0 fully saturated rings. The molecule has 0 unspecified atom stereocenters. The van der Waals surface area contributed by atoms with Gasteiger partial charge in [-0.05, 0) is 25.5 Å². The van der Waals surface area contributed by atoms with Gasteiger partial charge in [0.05, 0.1) is 24.3 Å². The normalized spacial score (nSPS) is 11.4. The number of anilines is 1. The number of aromatic carboxylic acids is 1. The Morgan fingerprint density at radius 3 is 2.47 bits per heavy atom. The van der Waals surface area contributed by atoms with Crippen molar-refractivity contribution in [2.75, 3.05) is 18.5 Å². The molecule has 0 spiro atoms. The van der Waals surface area contributed by atoms with E-state index >= 15 is 0 Å². The Morgan fingerprint density at radius 1 is 1.37 bits per heavy atom. The number of carboxylic acid groups (broad SMARTS) is 1. The molecule has 0 bridgehead atoms. The summed E-state index contributed by atoms with van der Waals surface area (Å²) in [5.41, 5.74) is -0.129. The van der Waals surface area contributed by atoms with E-state index < -0.39 is 11.5 Å². The molecular weight excluding hydrogens is 248 g/mol. The lowest BCUT2D eigenvalue weighted by Gasteiger charge is -2.27. The van der Waals surface area contributed by atoms with Gasteiger partial charge in [-0.2, -0.15) is 0 Å². The number of aliphatic hydroxyl groups excluding tert-OH is 2. The van der Waals surface area contributed by atoms with E-state index in [2.05, 4.69) is 10.3 Å². The van der Waals surface area contributed by atoms with Gasteiger partial charge in [-0.25, -0.2) is 9.78 Å². The van der Waals surface area contributed by atoms with Gasteiger partial charge in [-0.1, -0.05) is 13.3 Å². The van der Waals surface area contributed by atoms with Crippen molar-refractivity contribution in [3.05, 3.63) is 23.4 Å². The lowest BCUT2D eigenvalue weighted by Crippen LogP contribution is -2.42. The van der Waals surface area contributed by atoms with Gasteiger partial charge < -0.3 is 20.6 Å². The van der Waals surface area contributed by atoms with Gasteiger partial charge in [-0.3, -0.25) is 0 Å². The smallest absolute Gasteiger partial charge is 0.335 e. The fourth-order valence-corrected chi connectivity index (χ4v) is 1.60. The highest BCUT2D eigenvalue weighted by Crippen LogP contribution is 2.17. The minimum Gasteiger partial charge on any atom is -0.478 e. The summed E-state index contributed by atoms with van der Waals surface area (Å²) in [6.07, 6.45) is 1.53. The molecule has 0 saturated carbocycles. The highest BCUT2D eigenvalue weighted by Gasteiger charge is 2.23. The number of nitrogens with one attached hydrogen (secondary N) is 1. The van der Waals surface area contributed by atoms with Crippen molar-refractivity contribution in [3.8, 4) is 0 Å². The van der Waals surface area contributed by atoms with E-state index in [1.54, 1.807) is 6.92 Å². The van der Waals surface area contributed by atoms with Crippen LogP contribution in [0.4, 0.5) is 5.82 Å². The van der Waals surface area contributed by atoms with Crippen molar-refractivity contribution in [3.63, 3.8) is 0 Å². The third-order valence-corrected chi connectivity index (χ3v) is 2.76. The number of rotatable bonds is 7. The number of aryl methyl sites for hydroxylation is 1. The van der Waals surface area contributed by atoms with E-state index in [9.17, 15) is 15.0 Å². The number of carboxylic acids is 1. The third kappa shape index (κ3) is 4.18. The number of nitrogens with zero attached hydrogens (tertiary/aromatic N) is 1. The van der Waals surface area contributed by atoms with Gasteiger partial charge in [0, 0.05) is 5.69 Å². The maximum atomic E-state index is 11.1. The van der Waals surface area contributed by atoms with Crippen molar-refractivity contribution < 1.29 is 20.1 Å². The molecule has 1 rings (SSSR count). The molecule has 106 valence electrons. The molecule has 0 saturated heterocycles. The van der Waals surface area contributed by atoms with Crippen LogP contribution in [0.3, 0.4) is 0 Å². The van der Waals surface area contributed by atoms with Crippen molar-refractivity contribution in [1.29, 1.82) is 0 Å². The third-order valence-electron chi connectivity index (χ3n) is 2.76. The first-order valence-corrected chi connectivity index (χ1v) is 6.18. The molecule has 6 heteroatoms. The topological polar surface area (TPSA) is 103 Å². The summed E-state index contributed by atoms with van der Waals surface area (Å²) in [5.74, 6) is -0.688. The second-order valence-corrected chi connectivity index (χ2v) is 4.79. The Labute approximate surface area is 112 Å². The quantitative estimate of drug-likeness (QED) is 0.585. The number of hydrogen-bond acceptors (Lipinski definition) is 5. The average molecular weight is 268 g/mol. The van der Waals surface area contributed by atoms with Crippen LogP contribution in [0, 0.1) is 0 Å². The number of carbonyl (C=O) groups is 1. The Hall–Kier alpha value is -1.66. The van der Waals surface area contributed by atoms with E-state index in [1.807, 2.05) is 6.92 Å². The Morgan fingerprint density at radius 2 is 2.00 bits per heavy atom. The summed E-state index contributed by atoms with van der Waals surface area (Å²) < 4.78 is 0. The van der Waals surface area contributed by atoms with Gasteiger partial charge >= 0.3 is 5.97 Å². The number of pyridine rings is 1. The van der Waals surface area contributed by atoms with Gasteiger partial charge in [0.1, 0.15) is 5.82 Å². The molecule has 0 aromatic carbocycles. The van der Waals surface area contributed by atoms with E-state index in [0.29, 0.717) is 17.9 Å². The maximum absolute atomic E-state index is 11.1. The summed E-state index contributed by atoms with van der Waals surface area (Å²) in [7, 11) is 0. The molecule has 0 aliphatic heterocycles. The lowest BCUT2D eigenvalue weighted by molar-refractivity contribution is 0.0696. The van der Waals surface area contributed by atoms with Gasteiger partial charge in [0.15, 0.2) is 0 Å². The minimum absolute atomic E-state index is 0.138. The molecule has 0 radical (unpaired) electrons. The van der Waals surface area contributed by atoms with Crippen molar-refractivity contribution in [1.82, 2.24) is 4.98 Å². The molecule has 0 aliphatic rings. The predicted molar refractivity (Wildman–Crippen MR) is 71.4 cm³/mol. The van der Waals surface area contributed by atoms with Crippen molar-refractivity contribution in [2.24, 2.45) is 0 Å². The summed E-state index contributed by atoms with van der Waals surface area (Å²) in [6, 6.07) is 2.93. The molecule has 1 aromatic heterocycles.